The van der Waals surface area contributed by atoms with Crippen molar-refractivity contribution in [1.82, 2.24) is 30.4 Å². The van der Waals surface area contributed by atoms with Crippen molar-refractivity contribution in [3.05, 3.63) is 6.33 Å². The molecule has 1 aliphatic rings. The van der Waals surface area contributed by atoms with Gasteiger partial charge in [-0.2, -0.15) is 0 Å². The van der Waals surface area contributed by atoms with Gasteiger partial charge in [-0.1, -0.05) is 13.8 Å². The topological polar surface area (TPSA) is 75.9 Å². The molecule has 0 aromatic carbocycles. The molecule has 19 heavy (non-hydrogen) atoms. The molecule has 106 valence electrons. The molecule has 0 saturated carbocycles. The lowest BCUT2D eigenvalue weighted by atomic mass is 9.97. The van der Waals surface area contributed by atoms with E-state index >= 15 is 0 Å². The van der Waals surface area contributed by atoms with Gasteiger partial charge >= 0.3 is 0 Å². The van der Waals surface area contributed by atoms with Crippen LogP contribution in [0, 0.1) is 5.92 Å². The lowest BCUT2D eigenvalue weighted by molar-refractivity contribution is -0.133. The molecular weight excluding hydrogens is 244 g/mol. The molecule has 2 heterocycles. The summed E-state index contributed by atoms with van der Waals surface area (Å²) in [6.45, 7) is 7.18. The van der Waals surface area contributed by atoms with Crippen LogP contribution in [-0.2, 0) is 11.3 Å². The molecule has 1 aromatic rings. The zero-order valence-corrected chi connectivity index (χ0v) is 11.6. The Morgan fingerprint density at radius 2 is 2.37 bits per heavy atom. The van der Waals surface area contributed by atoms with Gasteiger partial charge in [0.05, 0.1) is 0 Å². The van der Waals surface area contributed by atoms with E-state index in [1.54, 1.807) is 0 Å². The fourth-order valence-electron chi connectivity index (χ4n) is 2.35. The Hall–Kier alpha value is -1.50. The van der Waals surface area contributed by atoms with Crippen molar-refractivity contribution in [2.45, 2.75) is 39.3 Å². The van der Waals surface area contributed by atoms with Gasteiger partial charge in [-0.15, -0.1) is 5.10 Å². The molecule has 1 amide bonds. The minimum absolute atomic E-state index is 0.0987. The highest BCUT2D eigenvalue weighted by Crippen LogP contribution is 2.16. The SMILES string of the molecule is CC(C)NCC1CCCN(C(=O)Cn2cnnn2)C1. The third kappa shape index (κ3) is 4.27. The van der Waals surface area contributed by atoms with Crippen LogP contribution in [0.3, 0.4) is 0 Å². The van der Waals surface area contributed by atoms with E-state index in [0.29, 0.717) is 12.0 Å². The summed E-state index contributed by atoms with van der Waals surface area (Å²) in [6, 6.07) is 0.493. The van der Waals surface area contributed by atoms with Crippen molar-refractivity contribution in [3.8, 4) is 0 Å². The Morgan fingerprint density at radius 3 is 3.05 bits per heavy atom. The summed E-state index contributed by atoms with van der Waals surface area (Å²) in [4.78, 5) is 14.1. The predicted octanol–water partition coefficient (Wildman–Crippen LogP) is -0.0903. The van der Waals surface area contributed by atoms with Crippen molar-refractivity contribution in [2.75, 3.05) is 19.6 Å². The van der Waals surface area contributed by atoms with E-state index in [9.17, 15) is 4.79 Å². The number of tetrazole rings is 1. The zero-order valence-electron chi connectivity index (χ0n) is 11.6. The van der Waals surface area contributed by atoms with Crippen molar-refractivity contribution in [3.63, 3.8) is 0 Å². The van der Waals surface area contributed by atoms with Crippen LogP contribution in [0.5, 0.6) is 0 Å². The van der Waals surface area contributed by atoms with Gasteiger partial charge in [-0.25, -0.2) is 4.68 Å². The zero-order chi connectivity index (χ0) is 13.7. The summed E-state index contributed by atoms with van der Waals surface area (Å²) in [7, 11) is 0. The Bertz CT molecular complexity index is 391. The van der Waals surface area contributed by atoms with E-state index in [1.807, 2.05) is 4.90 Å². The molecule has 1 aromatic heterocycles. The van der Waals surface area contributed by atoms with Gasteiger partial charge in [0.2, 0.25) is 5.91 Å². The van der Waals surface area contributed by atoms with Gasteiger partial charge in [-0.05, 0) is 35.7 Å². The number of amides is 1. The smallest absolute Gasteiger partial charge is 0.244 e. The van der Waals surface area contributed by atoms with E-state index in [2.05, 4.69) is 34.7 Å². The van der Waals surface area contributed by atoms with Gasteiger partial charge in [0.25, 0.3) is 0 Å². The summed E-state index contributed by atoms with van der Waals surface area (Å²) in [5.74, 6) is 0.649. The number of likely N-dealkylation sites (tertiary alicyclic amines) is 1. The Balaban J connectivity index is 1.81. The summed E-state index contributed by atoms with van der Waals surface area (Å²) < 4.78 is 1.47. The maximum atomic E-state index is 12.1. The van der Waals surface area contributed by atoms with E-state index in [0.717, 1.165) is 26.1 Å². The van der Waals surface area contributed by atoms with Crippen molar-refractivity contribution in [1.29, 1.82) is 0 Å². The number of hydrogen-bond donors (Lipinski definition) is 1. The quantitative estimate of drug-likeness (QED) is 0.806. The van der Waals surface area contributed by atoms with Crippen LogP contribution in [0.1, 0.15) is 26.7 Å². The lowest BCUT2D eigenvalue weighted by Gasteiger charge is -2.33. The van der Waals surface area contributed by atoms with Crippen molar-refractivity contribution < 1.29 is 4.79 Å². The molecule has 1 aliphatic heterocycles. The molecule has 1 N–H and O–H groups in total. The maximum absolute atomic E-state index is 12.1. The highest BCUT2D eigenvalue weighted by Gasteiger charge is 2.23. The molecule has 1 saturated heterocycles. The first-order valence-corrected chi connectivity index (χ1v) is 6.87. The molecule has 7 nitrogen and oxygen atoms in total. The molecule has 7 heteroatoms. The van der Waals surface area contributed by atoms with E-state index in [-0.39, 0.29) is 12.5 Å². The van der Waals surface area contributed by atoms with Gasteiger partial charge < -0.3 is 10.2 Å². The monoisotopic (exact) mass is 266 g/mol. The molecule has 0 spiro atoms. The molecule has 1 atom stereocenters. The van der Waals surface area contributed by atoms with Gasteiger partial charge in [0.15, 0.2) is 0 Å². The molecule has 2 rings (SSSR count). The van der Waals surface area contributed by atoms with Crippen molar-refractivity contribution >= 4 is 5.91 Å². The second kappa shape index (κ2) is 6.60. The average molecular weight is 266 g/mol. The molecule has 1 fully saturated rings. The second-order valence-electron chi connectivity index (χ2n) is 5.42. The normalized spacial score (nSPS) is 19.9. The number of rotatable bonds is 5. The van der Waals surface area contributed by atoms with Crippen LogP contribution >= 0.6 is 0 Å². The number of hydrogen-bond acceptors (Lipinski definition) is 5. The van der Waals surface area contributed by atoms with Gasteiger partial charge in [0.1, 0.15) is 12.9 Å². The van der Waals surface area contributed by atoms with Crippen LogP contribution < -0.4 is 5.32 Å². The third-order valence-electron chi connectivity index (χ3n) is 3.38. The lowest BCUT2D eigenvalue weighted by Crippen LogP contribution is -2.44. The number of nitrogens with one attached hydrogen (secondary N) is 1. The number of carbonyl (C=O) groups excluding carboxylic acids is 1. The largest absolute Gasteiger partial charge is 0.341 e. The average Bonchev–Trinajstić information content (AvgIpc) is 2.89. The van der Waals surface area contributed by atoms with Crippen LogP contribution in [0.25, 0.3) is 0 Å². The number of aromatic nitrogens is 4. The summed E-state index contributed by atoms with van der Waals surface area (Å²) in [5.41, 5.74) is 0. The maximum Gasteiger partial charge on any atom is 0.244 e. The standard InChI is InChI=1S/C12H22N6O/c1-10(2)13-6-11-4-3-5-17(7-11)12(19)8-18-9-14-15-16-18/h9-11,13H,3-8H2,1-2H3. The first kappa shape index (κ1) is 13.9. The first-order chi connectivity index (χ1) is 9.15. The fourth-order valence-corrected chi connectivity index (χ4v) is 2.35. The molecular formula is C12H22N6O. The number of piperidine rings is 1. The molecule has 0 aliphatic carbocycles. The van der Waals surface area contributed by atoms with E-state index < -0.39 is 0 Å². The first-order valence-electron chi connectivity index (χ1n) is 6.87. The van der Waals surface area contributed by atoms with Gasteiger partial charge in [-0.3, -0.25) is 4.79 Å². The minimum Gasteiger partial charge on any atom is -0.341 e. The number of nitrogens with zero attached hydrogens (tertiary/aromatic N) is 5. The summed E-state index contributed by atoms with van der Waals surface area (Å²) in [5, 5.41) is 14.2. The Labute approximate surface area is 113 Å². The Morgan fingerprint density at radius 1 is 1.53 bits per heavy atom. The van der Waals surface area contributed by atoms with Crippen LogP contribution in [0.15, 0.2) is 6.33 Å². The molecule has 1 unspecified atom stereocenters. The number of carbonyl (C=O) groups is 1. The highest BCUT2D eigenvalue weighted by molar-refractivity contribution is 5.75. The second-order valence-corrected chi connectivity index (χ2v) is 5.42. The van der Waals surface area contributed by atoms with Crippen LogP contribution in [0.4, 0.5) is 0 Å². The van der Waals surface area contributed by atoms with Crippen LogP contribution in [0.2, 0.25) is 0 Å². The van der Waals surface area contributed by atoms with E-state index in [1.165, 1.54) is 17.4 Å². The molecule has 0 radical (unpaired) electrons. The molecule has 0 bridgehead atoms. The highest BCUT2D eigenvalue weighted by atomic mass is 16.2. The summed E-state index contributed by atoms with van der Waals surface area (Å²) in [6.07, 6.45) is 3.74. The fraction of sp³-hybridized carbons (Fsp3) is 0.833. The summed E-state index contributed by atoms with van der Waals surface area (Å²) >= 11 is 0. The van der Waals surface area contributed by atoms with E-state index in [4.69, 9.17) is 0 Å². The minimum atomic E-state index is 0.0987. The van der Waals surface area contributed by atoms with Gasteiger partial charge in [0, 0.05) is 19.1 Å². The third-order valence-corrected chi connectivity index (χ3v) is 3.38. The Kier molecular flexibility index (Phi) is 4.84. The predicted molar refractivity (Wildman–Crippen MR) is 70.3 cm³/mol. The van der Waals surface area contributed by atoms with Crippen LogP contribution in [-0.4, -0.2) is 56.7 Å². The van der Waals surface area contributed by atoms with Crippen molar-refractivity contribution in [2.24, 2.45) is 5.92 Å².